The zero-order chi connectivity index (χ0) is 11.8. The van der Waals surface area contributed by atoms with Crippen LogP contribution in [0.25, 0.3) is 0 Å². The Morgan fingerprint density at radius 1 is 1.50 bits per heavy atom. The number of nitrogens with zero attached hydrogens (tertiary/aromatic N) is 1. The molecule has 1 aliphatic heterocycles. The Morgan fingerprint density at radius 3 is 2.81 bits per heavy atom. The summed E-state index contributed by atoms with van der Waals surface area (Å²) in [6, 6.07) is 1.19. The van der Waals surface area contributed by atoms with Gasteiger partial charge in [-0.05, 0) is 12.8 Å². The number of hydrogen-bond donors (Lipinski definition) is 1. The molecule has 7 heteroatoms. The predicted octanol–water partition coefficient (Wildman–Crippen LogP) is 1.01. The zero-order valence-corrected chi connectivity index (χ0v) is 9.24. The van der Waals surface area contributed by atoms with Gasteiger partial charge in [0.15, 0.2) is 21.3 Å². The van der Waals surface area contributed by atoms with Crippen LogP contribution in [0.1, 0.15) is 40.8 Å². The summed E-state index contributed by atoms with van der Waals surface area (Å²) >= 11 is 0. The van der Waals surface area contributed by atoms with E-state index in [1.807, 2.05) is 0 Å². The van der Waals surface area contributed by atoms with E-state index in [9.17, 15) is 13.2 Å². The van der Waals surface area contributed by atoms with Gasteiger partial charge in [-0.1, -0.05) is 11.6 Å². The maximum Gasteiger partial charge on any atom is 0.358 e. The molecule has 1 aliphatic rings. The fourth-order valence-electron chi connectivity index (χ4n) is 1.82. The molecule has 0 aromatic carbocycles. The number of aromatic carboxylic acids is 1. The maximum atomic E-state index is 11.7. The Morgan fingerprint density at radius 2 is 2.25 bits per heavy atom. The van der Waals surface area contributed by atoms with Crippen LogP contribution in [0, 0.1) is 0 Å². The van der Waals surface area contributed by atoms with Gasteiger partial charge in [-0.3, -0.25) is 0 Å². The second kappa shape index (κ2) is 3.89. The first-order valence-corrected chi connectivity index (χ1v) is 6.64. The van der Waals surface area contributed by atoms with Crippen LogP contribution in [0.5, 0.6) is 0 Å². The Labute approximate surface area is 92.2 Å². The zero-order valence-electron chi connectivity index (χ0n) is 8.42. The van der Waals surface area contributed by atoms with Gasteiger partial charge in [-0.2, -0.15) is 0 Å². The average molecular weight is 245 g/mol. The average Bonchev–Trinajstić information content (AvgIpc) is 2.65. The van der Waals surface area contributed by atoms with Crippen LogP contribution in [-0.4, -0.2) is 30.4 Å². The van der Waals surface area contributed by atoms with E-state index in [4.69, 9.17) is 9.63 Å². The monoisotopic (exact) mass is 245 g/mol. The van der Waals surface area contributed by atoms with E-state index in [0.717, 1.165) is 6.42 Å². The molecule has 0 radical (unpaired) electrons. The Balaban J connectivity index is 2.32. The number of hydrogen-bond acceptors (Lipinski definition) is 5. The van der Waals surface area contributed by atoms with Crippen molar-refractivity contribution in [3.05, 3.63) is 17.5 Å². The van der Waals surface area contributed by atoms with E-state index in [1.165, 1.54) is 6.07 Å². The van der Waals surface area contributed by atoms with Crippen LogP contribution < -0.4 is 0 Å². The first kappa shape index (κ1) is 11.1. The lowest BCUT2D eigenvalue weighted by molar-refractivity contribution is 0.0685. The van der Waals surface area contributed by atoms with Crippen LogP contribution in [0.15, 0.2) is 10.6 Å². The second-order valence-electron chi connectivity index (χ2n) is 3.77. The molecule has 1 N–H and O–H groups in total. The highest BCUT2D eigenvalue weighted by Crippen LogP contribution is 2.33. The normalized spacial score (nSPS) is 24.1. The molecule has 1 unspecified atom stereocenters. The predicted molar refractivity (Wildman–Crippen MR) is 53.8 cm³/mol. The number of rotatable bonds is 2. The van der Waals surface area contributed by atoms with Crippen molar-refractivity contribution in [1.29, 1.82) is 0 Å². The first-order chi connectivity index (χ1) is 7.50. The summed E-state index contributed by atoms with van der Waals surface area (Å²) in [4.78, 5) is 10.6. The van der Waals surface area contributed by atoms with Crippen molar-refractivity contribution >= 4 is 15.8 Å². The third-order valence-corrected chi connectivity index (χ3v) is 4.84. The molecule has 2 heterocycles. The molecule has 16 heavy (non-hydrogen) atoms. The summed E-state index contributed by atoms with van der Waals surface area (Å²) in [7, 11) is -3.22. The van der Waals surface area contributed by atoms with Crippen LogP contribution >= 0.6 is 0 Å². The van der Waals surface area contributed by atoms with Crippen LogP contribution in [0.3, 0.4) is 0 Å². The van der Waals surface area contributed by atoms with Gasteiger partial charge >= 0.3 is 5.97 Å². The van der Waals surface area contributed by atoms with Gasteiger partial charge in [0.2, 0.25) is 0 Å². The molecule has 1 saturated heterocycles. The van der Waals surface area contributed by atoms with E-state index in [0.29, 0.717) is 12.8 Å². The first-order valence-electron chi connectivity index (χ1n) is 4.92. The third-order valence-electron chi connectivity index (χ3n) is 2.64. The number of sulfone groups is 1. The summed E-state index contributed by atoms with van der Waals surface area (Å²) in [5, 5.41) is 11.2. The van der Waals surface area contributed by atoms with Crippen LogP contribution in [0.4, 0.5) is 0 Å². The summed E-state index contributed by atoms with van der Waals surface area (Å²) in [5.41, 5.74) is -0.254. The van der Waals surface area contributed by atoms with Crippen molar-refractivity contribution in [3.63, 3.8) is 0 Å². The lowest BCUT2D eigenvalue weighted by atomic mass is 10.1. The maximum absolute atomic E-state index is 11.7. The fraction of sp³-hybridized carbons (Fsp3) is 0.556. The van der Waals surface area contributed by atoms with Gasteiger partial charge in [0.05, 0.1) is 5.75 Å². The lowest BCUT2D eigenvalue weighted by Gasteiger charge is -2.19. The topological polar surface area (TPSA) is 97.5 Å². The molecule has 1 aromatic rings. The molecule has 1 fully saturated rings. The highest BCUT2D eigenvalue weighted by molar-refractivity contribution is 7.91. The van der Waals surface area contributed by atoms with Crippen molar-refractivity contribution < 1.29 is 22.8 Å². The molecular weight excluding hydrogens is 234 g/mol. The number of carbonyl (C=O) groups is 1. The van der Waals surface area contributed by atoms with Gasteiger partial charge in [0, 0.05) is 6.07 Å². The quantitative estimate of drug-likeness (QED) is 0.835. The van der Waals surface area contributed by atoms with E-state index in [1.54, 1.807) is 0 Å². The van der Waals surface area contributed by atoms with Crippen molar-refractivity contribution in [1.82, 2.24) is 5.16 Å². The summed E-state index contributed by atoms with van der Waals surface area (Å²) in [6.07, 6.45) is 1.92. The standard InChI is InChI=1S/C9H11NO5S/c11-9(12)6-5-7(15-10-6)8-3-1-2-4-16(8,13)14/h5,8H,1-4H2,(H,11,12). The molecule has 0 saturated carbocycles. The fourth-order valence-corrected chi connectivity index (χ4v) is 3.70. The Kier molecular flexibility index (Phi) is 2.71. The molecule has 1 aromatic heterocycles. The van der Waals surface area contributed by atoms with Gasteiger partial charge in [0.1, 0.15) is 5.25 Å². The van der Waals surface area contributed by atoms with Crippen LogP contribution in [-0.2, 0) is 9.84 Å². The second-order valence-corrected chi connectivity index (χ2v) is 6.07. The molecule has 1 atom stereocenters. The lowest BCUT2D eigenvalue weighted by Crippen LogP contribution is -2.21. The van der Waals surface area contributed by atoms with Crippen molar-refractivity contribution in [3.8, 4) is 0 Å². The summed E-state index contributed by atoms with van der Waals surface area (Å²) in [6.45, 7) is 0. The molecule has 0 bridgehead atoms. The highest BCUT2D eigenvalue weighted by atomic mass is 32.2. The Bertz CT molecular complexity index is 504. The van der Waals surface area contributed by atoms with Gasteiger partial charge in [-0.15, -0.1) is 0 Å². The van der Waals surface area contributed by atoms with Crippen molar-refractivity contribution in [2.75, 3.05) is 5.75 Å². The molecule has 6 nitrogen and oxygen atoms in total. The highest BCUT2D eigenvalue weighted by Gasteiger charge is 2.33. The van der Waals surface area contributed by atoms with E-state index in [-0.39, 0.29) is 17.2 Å². The largest absolute Gasteiger partial charge is 0.476 e. The van der Waals surface area contributed by atoms with E-state index >= 15 is 0 Å². The van der Waals surface area contributed by atoms with Crippen LogP contribution in [0.2, 0.25) is 0 Å². The van der Waals surface area contributed by atoms with E-state index in [2.05, 4.69) is 5.16 Å². The van der Waals surface area contributed by atoms with Crippen molar-refractivity contribution in [2.24, 2.45) is 0 Å². The smallest absolute Gasteiger partial charge is 0.358 e. The minimum absolute atomic E-state index is 0.126. The molecule has 2 rings (SSSR count). The molecule has 0 aliphatic carbocycles. The summed E-state index contributed by atoms with van der Waals surface area (Å²) < 4.78 is 28.2. The third kappa shape index (κ3) is 1.95. The van der Waals surface area contributed by atoms with Gasteiger partial charge in [0.25, 0.3) is 0 Å². The minimum Gasteiger partial charge on any atom is -0.476 e. The number of carboxylic acids is 1. The van der Waals surface area contributed by atoms with Gasteiger partial charge in [-0.25, -0.2) is 13.2 Å². The number of carboxylic acid groups (broad SMARTS) is 1. The molecule has 0 spiro atoms. The molecule has 88 valence electrons. The summed E-state index contributed by atoms with van der Waals surface area (Å²) in [5.74, 6) is -0.957. The number of aromatic nitrogens is 1. The Hall–Kier alpha value is -1.37. The molecular formula is C9H11NO5S. The van der Waals surface area contributed by atoms with Gasteiger partial charge < -0.3 is 9.63 Å². The van der Waals surface area contributed by atoms with Crippen molar-refractivity contribution in [2.45, 2.75) is 24.5 Å². The minimum atomic E-state index is -3.22. The molecule has 0 amide bonds. The van der Waals surface area contributed by atoms with E-state index < -0.39 is 21.1 Å². The SMILES string of the molecule is O=C(O)c1cc(C2CCCCS2(=O)=O)on1.